The van der Waals surface area contributed by atoms with Gasteiger partial charge in [0.2, 0.25) is 17.7 Å². The SMILES string of the molecule is NC(=O)C[C@H]1C(=O)N(Cc2ccccc2)C[C@@H]2N(C(=O)OCc3cc(C(F)(F)F)cc(C(F)(F)F)c3)CCC(=O)N21. The Morgan fingerprint density at radius 2 is 1.54 bits per heavy atom. The number of primary amides is 1. The van der Waals surface area contributed by atoms with Crippen LogP contribution in [0.1, 0.15) is 35.1 Å². The Morgan fingerprint density at radius 1 is 0.927 bits per heavy atom. The van der Waals surface area contributed by atoms with Crippen molar-refractivity contribution in [3.8, 4) is 0 Å². The highest BCUT2D eigenvalue weighted by Crippen LogP contribution is 2.36. The second-order valence-corrected chi connectivity index (χ2v) is 9.58. The Balaban J connectivity index is 1.59. The van der Waals surface area contributed by atoms with Crippen LogP contribution in [0.2, 0.25) is 0 Å². The number of rotatable bonds is 6. The Labute approximate surface area is 229 Å². The minimum atomic E-state index is -5.08. The first-order valence-corrected chi connectivity index (χ1v) is 12.3. The number of hydrogen-bond donors (Lipinski definition) is 1. The average Bonchev–Trinajstić information content (AvgIpc) is 2.89. The summed E-state index contributed by atoms with van der Waals surface area (Å²) in [6, 6.07) is 8.24. The van der Waals surface area contributed by atoms with E-state index < -0.39 is 78.1 Å². The van der Waals surface area contributed by atoms with Gasteiger partial charge in [0, 0.05) is 19.5 Å². The molecule has 0 aliphatic carbocycles. The lowest BCUT2D eigenvalue weighted by Crippen LogP contribution is -2.71. The fraction of sp³-hybridized carbons (Fsp3) is 0.385. The van der Waals surface area contributed by atoms with Crippen LogP contribution >= 0.6 is 0 Å². The minimum absolute atomic E-state index is 0.0430. The van der Waals surface area contributed by atoms with Crippen LogP contribution in [-0.4, -0.2) is 63.8 Å². The molecule has 2 aliphatic rings. The summed E-state index contributed by atoms with van der Waals surface area (Å²) in [7, 11) is 0. The van der Waals surface area contributed by atoms with Gasteiger partial charge in [-0.25, -0.2) is 4.79 Å². The lowest BCUT2D eigenvalue weighted by atomic mass is 10.0. The largest absolute Gasteiger partial charge is 0.444 e. The number of nitrogens with zero attached hydrogens (tertiary/aromatic N) is 3. The second kappa shape index (κ2) is 11.3. The Morgan fingerprint density at radius 3 is 2.10 bits per heavy atom. The maximum Gasteiger partial charge on any atom is 0.416 e. The molecule has 2 heterocycles. The number of hydrogen-bond acceptors (Lipinski definition) is 5. The molecule has 0 bridgehead atoms. The predicted octanol–water partition coefficient (Wildman–Crippen LogP) is 3.51. The second-order valence-electron chi connectivity index (χ2n) is 9.58. The molecule has 0 unspecified atom stereocenters. The summed E-state index contributed by atoms with van der Waals surface area (Å²) < 4.78 is 84.4. The van der Waals surface area contributed by atoms with E-state index in [2.05, 4.69) is 0 Å². The van der Waals surface area contributed by atoms with Crippen LogP contribution in [-0.2, 0) is 44.6 Å². The zero-order valence-corrected chi connectivity index (χ0v) is 21.2. The number of alkyl halides is 6. The number of carbonyl (C=O) groups excluding carboxylic acids is 4. The molecule has 15 heteroatoms. The maximum absolute atomic E-state index is 13.3. The summed E-state index contributed by atoms with van der Waals surface area (Å²) in [5.41, 5.74) is 2.36. The topological polar surface area (TPSA) is 113 Å². The third-order valence-corrected chi connectivity index (χ3v) is 6.71. The molecule has 2 atom stereocenters. The Bertz CT molecular complexity index is 1300. The molecule has 220 valence electrons. The molecule has 0 spiro atoms. The molecule has 2 aliphatic heterocycles. The fourth-order valence-corrected chi connectivity index (χ4v) is 4.86. The van der Waals surface area contributed by atoms with Crippen molar-refractivity contribution >= 4 is 23.8 Å². The summed E-state index contributed by atoms with van der Waals surface area (Å²) >= 11 is 0. The van der Waals surface area contributed by atoms with Crippen LogP contribution in [0.4, 0.5) is 31.1 Å². The first kappa shape index (κ1) is 29.7. The molecule has 0 saturated carbocycles. The molecular formula is C26H24F6N4O5. The van der Waals surface area contributed by atoms with Crippen molar-refractivity contribution in [3.05, 3.63) is 70.8 Å². The molecule has 4 rings (SSSR count). The van der Waals surface area contributed by atoms with Crippen molar-refractivity contribution in [2.45, 2.75) is 50.6 Å². The van der Waals surface area contributed by atoms with E-state index in [0.717, 1.165) is 9.80 Å². The maximum atomic E-state index is 13.3. The number of amides is 4. The monoisotopic (exact) mass is 586 g/mol. The molecule has 2 saturated heterocycles. The van der Waals surface area contributed by atoms with Gasteiger partial charge in [0.05, 0.1) is 24.1 Å². The minimum Gasteiger partial charge on any atom is -0.444 e. The van der Waals surface area contributed by atoms with E-state index in [0.29, 0.717) is 17.7 Å². The highest BCUT2D eigenvalue weighted by Gasteiger charge is 2.49. The quantitative estimate of drug-likeness (QED) is 0.521. The molecule has 2 fully saturated rings. The van der Waals surface area contributed by atoms with Crippen LogP contribution in [0.15, 0.2) is 48.5 Å². The van der Waals surface area contributed by atoms with E-state index in [9.17, 15) is 45.5 Å². The van der Waals surface area contributed by atoms with Gasteiger partial charge in [-0.15, -0.1) is 0 Å². The molecule has 0 aromatic heterocycles. The molecule has 41 heavy (non-hydrogen) atoms. The average molecular weight is 586 g/mol. The van der Waals surface area contributed by atoms with E-state index >= 15 is 0 Å². The van der Waals surface area contributed by atoms with Gasteiger partial charge in [0.25, 0.3) is 0 Å². The van der Waals surface area contributed by atoms with Crippen LogP contribution in [0.25, 0.3) is 0 Å². The summed E-state index contributed by atoms with van der Waals surface area (Å²) in [6.07, 6.45) is -13.2. The Hall–Kier alpha value is -4.30. The van der Waals surface area contributed by atoms with Gasteiger partial charge >= 0.3 is 18.4 Å². The highest BCUT2D eigenvalue weighted by molar-refractivity contribution is 5.93. The lowest BCUT2D eigenvalue weighted by Gasteiger charge is -2.51. The third-order valence-electron chi connectivity index (χ3n) is 6.71. The van der Waals surface area contributed by atoms with E-state index in [1.807, 2.05) is 0 Å². The van der Waals surface area contributed by atoms with Crippen molar-refractivity contribution < 1.29 is 50.3 Å². The van der Waals surface area contributed by atoms with E-state index in [-0.39, 0.29) is 32.1 Å². The summed E-state index contributed by atoms with van der Waals surface area (Å²) in [5.74, 6) is -1.98. The zero-order chi connectivity index (χ0) is 30.1. The number of nitrogens with two attached hydrogens (primary N) is 1. The van der Waals surface area contributed by atoms with Gasteiger partial charge in [-0.3, -0.25) is 19.3 Å². The van der Waals surface area contributed by atoms with Crippen LogP contribution < -0.4 is 5.73 Å². The van der Waals surface area contributed by atoms with E-state index in [4.69, 9.17) is 10.5 Å². The van der Waals surface area contributed by atoms with Gasteiger partial charge in [-0.05, 0) is 29.3 Å². The lowest BCUT2D eigenvalue weighted by molar-refractivity contribution is -0.169. The standard InChI is InChI=1S/C26H24F6N4O5/c27-25(28,29)17-8-16(9-18(10-17)26(30,31)32)14-41-24(40)35-7-6-22(38)36-19(11-20(33)37)23(39)34(13-21(35)36)12-15-4-2-1-3-5-15/h1-5,8-10,19,21H,6-7,11-14H2,(H2,33,37)/t19-,21+/m0/s1. The summed E-state index contributed by atoms with van der Waals surface area (Å²) in [6.45, 7) is -1.25. The smallest absolute Gasteiger partial charge is 0.416 e. The van der Waals surface area contributed by atoms with Gasteiger partial charge in [0.1, 0.15) is 18.8 Å². The predicted molar refractivity (Wildman–Crippen MR) is 128 cm³/mol. The normalized spacial score (nSPS) is 19.7. The Kier molecular flexibility index (Phi) is 8.17. The van der Waals surface area contributed by atoms with Gasteiger partial charge < -0.3 is 20.3 Å². The molecule has 2 aromatic rings. The molecule has 0 radical (unpaired) electrons. The molecular weight excluding hydrogens is 562 g/mol. The summed E-state index contributed by atoms with van der Waals surface area (Å²) in [4.78, 5) is 54.5. The van der Waals surface area contributed by atoms with Crippen LogP contribution in [0, 0.1) is 0 Å². The highest BCUT2D eigenvalue weighted by atomic mass is 19.4. The number of fused-ring (bicyclic) bond motifs is 1. The number of carbonyl (C=O) groups is 4. The van der Waals surface area contributed by atoms with Crippen molar-refractivity contribution in [3.63, 3.8) is 0 Å². The van der Waals surface area contributed by atoms with Crippen LogP contribution in [0.5, 0.6) is 0 Å². The third kappa shape index (κ3) is 6.72. The molecule has 2 aromatic carbocycles. The zero-order valence-electron chi connectivity index (χ0n) is 21.2. The summed E-state index contributed by atoms with van der Waals surface area (Å²) in [5, 5.41) is 0. The number of halogens is 6. The van der Waals surface area contributed by atoms with Gasteiger partial charge in [-0.1, -0.05) is 30.3 Å². The van der Waals surface area contributed by atoms with Crippen molar-refractivity contribution in [2.75, 3.05) is 13.1 Å². The van der Waals surface area contributed by atoms with Crippen molar-refractivity contribution in [2.24, 2.45) is 5.73 Å². The van der Waals surface area contributed by atoms with Gasteiger partial charge in [-0.2, -0.15) is 26.3 Å². The molecule has 9 nitrogen and oxygen atoms in total. The van der Waals surface area contributed by atoms with Crippen LogP contribution in [0.3, 0.4) is 0 Å². The van der Waals surface area contributed by atoms with Crippen molar-refractivity contribution in [1.82, 2.24) is 14.7 Å². The van der Waals surface area contributed by atoms with Gasteiger partial charge in [0.15, 0.2) is 0 Å². The fourth-order valence-electron chi connectivity index (χ4n) is 4.86. The molecule has 2 N–H and O–H groups in total. The first-order valence-electron chi connectivity index (χ1n) is 12.3. The number of ether oxygens (including phenoxy) is 1. The van der Waals surface area contributed by atoms with E-state index in [1.54, 1.807) is 30.3 Å². The number of piperazine rings is 1. The molecule has 4 amide bonds. The van der Waals surface area contributed by atoms with Crippen molar-refractivity contribution in [1.29, 1.82) is 0 Å². The first-order chi connectivity index (χ1) is 19.1. The number of benzene rings is 2. The van der Waals surface area contributed by atoms with E-state index in [1.165, 1.54) is 4.90 Å².